The molecule has 1 unspecified atom stereocenters. The van der Waals surface area contributed by atoms with Gasteiger partial charge in [0.2, 0.25) is 0 Å². The van der Waals surface area contributed by atoms with Gasteiger partial charge in [-0.3, -0.25) is 4.90 Å². The fourth-order valence-corrected chi connectivity index (χ4v) is 3.27. The van der Waals surface area contributed by atoms with Crippen molar-refractivity contribution in [1.82, 2.24) is 4.90 Å². The van der Waals surface area contributed by atoms with Crippen LogP contribution in [0.4, 0.5) is 0 Å². The Morgan fingerprint density at radius 1 is 1.10 bits per heavy atom. The van der Waals surface area contributed by atoms with Crippen LogP contribution in [-0.2, 0) is 0 Å². The Morgan fingerprint density at radius 2 is 2.00 bits per heavy atom. The molecule has 2 aliphatic rings. The lowest BCUT2D eigenvalue weighted by Crippen LogP contribution is -2.26. The van der Waals surface area contributed by atoms with Gasteiger partial charge < -0.3 is 0 Å². The predicted octanol–water partition coefficient (Wildman–Crippen LogP) is 1.94. The Balaban J connectivity index is 1.95. The third-order valence-electron chi connectivity index (χ3n) is 2.45. The van der Waals surface area contributed by atoms with E-state index in [0.29, 0.717) is 0 Å². The normalized spacial score (nSPS) is 35.4. The van der Waals surface area contributed by atoms with E-state index in [4.69, 9.17) is 0 Å². The van der Waals surface area contributed by atoms with Gasteiger partial charge in [0, 0.05) is 0 Å². The first-order valence-corrected chi connectivity index (χ1v) is 5.37. The standard InChI is InChI=1S/C8H15NS/c1-2-7-10-8-4-3-6-9(8)5-1/h8H,1-7H2. The quantitative estimate of drug-likeness (QED) is 0.528. The summed E-state index contributed by atoms with van der Waals surface area (Å²) >= 11 is 2.18. The Morgan fingerprint density at radius 3 is 3.00 bits per heavy atom. The summed E-state index contributed by atoms with van der Waals surface area (Å²) in [5, 5.41) is 0.905. The van der Waals surface area contributed by atoms with Crippen LogP contribution in [0.3, 0.4) is 0 Å². The second kappa shape index (κ2) is 3.14. The molecule has 0 aromatic rings. The first-order chi connectivity index (χ1) is 4.97. The first-order valence-electron chi connectivity index (χ1n) is 4.32. The van der Waals surface area contributed by atoms with Gasteiger partial charge in [-0.25, -0.2) is 0 Å². The highest BCUT2D eigenvalue weighted by atomic mass is 32.2. The van der Waals surface area contributed by atoms with Crippen LogP contribution in [-0.4, -0.2) is 29.1 Å². The van der Waals surface area contributed by atoms with E-state index in [1.54, 1.807) is 0 Å². The van der Waals surface area contributed by atoms with Crippen molar-refractivity contribution in [1.29, 1.82) is 0 Å². The van der Waals surface area contributed by atoms with Gasteiger partial charge in [-0.15, -0.1) is 11.8 Å². The van der Waals surface area contributed by atoms with E-state index < -0.39 is 0 Å². The number of hydrogen-bond donors (Lipinski definition) is 0. The fourth-order valence-electron chi connectivity index (χ4n) is 1.88. The van der Waals surface area contributed by atoms with E-state index in [2.05, 4.69) is 16.7 Å². The zero-order chi connectivity index (χ0) is 6.81. The largest absolute Gasteiger partial charge is 0.291 e. The van der Waals surface area contributed by atoms with Crippen LogP contribution in [0.25, 0.3) is 0 Å². The maximum atomic E-state index is 2.66. The predicted molar refractivity (Wildman–Crippen MR) is 46.3 cm³/mol. The van der Waals surface area contributed by atoms with E-state index in [1.807, 2.05) is 0 Å². The van der Waals surface area contributed by atoms with Crippen molar-refractivity contribution < 1.29 is 0 Å². The molecule has 0 saturated carbocycles. The molecule has 1 atom stereocenters. The summed E-state index contributed by atoms with van der Waals surface area (Å²) in [7, 11) is 0. The number of nitrogens with zero attached hydrogens (tertiary/aromatic N) is 1. The van der Waals surface area contributed by atoms with E-state index >= 15 is 0 Å². The molecule has 0 amide bonds. The minimum absolute atomic E-state index is 0.905. The lowest BCUT2D eigenvalue weighted by Gasteiger charge is -2.19. The Kier molecular flexibility index (Phi) is 2.19. The summed E-state index contributed by atoms with van der Waals surface area (Å²) in [6.45, 7) is 2.75. The molecule has 0 aliphatic carbocycles. The summed E-state index contributed by atoms with van der Waals surface area (Å²) in [5.41, 5.74) is 0. The maximum absolute atomic E-state index is 2.66. The van der Waals surface area contributed by atoms with E-state index in [1.165, 1.54) is 44.5 Å². The Hall–Kier alpha value is 0.310. The fraction of sp³-hybridized carbons (Fsp3) is 1.00. The number of hydrogen-bond acceptors (Lipinski definition) is 2. The minimum Gasteiger partial charge on any atom is -0.291 e. The zero-order valence-electron chi connectivity index (χ0n) is 6.38. The van der Waals surface area contributed by atoms with Crippen molar-refractivity contribution in [2.75, 3.05) is 18.8 Å². The smallest absolute Gasteiger partial charge is 0.0557 e. The van der Waals surface area contributed by atoms with Gasteiger partial charge >= 0.3 is 0 Å². The van der Waals surface area contributed by atoms with Crippen LogP contribution < -0.4 is 0 Å². The van der Waals surface area contributed by atoms with Gasteiger partial charge in [-0.1, -0.05) is 0 Å². The molecule has 2 rings (SSSR count). The molecule has 2 heterocycles. The second-order valence-electron chi connectivity index (χ2n) is 3.21. The average Bonchev–Trinajstić information content (AvgIpc) is 2.28. The zero-order valence-corrected chi connectivity index (χ0v) is 7.20. The molecule has 0 aromatic carbocycles. The molecule has 0 N–H and O–H groups in total. The summed E-state index contributed by atoms with van der Waals surface area (Å²) in [4.78, 5) is 2.66. The Labute approximate surface area is 67.2 Å². The third kappa shape index (κ3) is 1.32. The lowest BCUT2D eigenvalue weighted by molar-refractivity contribution is 0.318. The van der Waals surface area contributed by atoms with Crippen LogP contribution in [0.15, 0.2) is 0 Å². The van der Waals surface area contributed by atoms with Gasteiger partial charge in [0.1, 0.15) is 0 Å². The van der Waals surface area contributed by atoms with Crippen molar-refractivity contribution in [2.45, 2.75) is 31.1 Å². The summed E-state index contributed by atoms with van der Waals surface area (Å²) < 4.78 is 0. The summed E-state index contributed by atoms with van der Waals surface area (Å²) in [6, 6.07) is 0. The molecule has 2 saturated heterocycles. The molecule has 0 radical (unpaired) electrons. The molecule has 0 spiro atoms. The van der Waals surface area contributed by atoms with Gasteiger partial charge in [0.25, 0.3) is 0 Å². The SMILES string of the molecule is C1CCN2CCCC2SC1. The van der Waals surface area contributed by atoms with E-state index in [0.717, 1.165) is 5.37 Å². The van der Waals surface area contributed by atoms with E-state index in [-0.39, 0.29) is 0 Å². The average molecular weight is 157 g/mol. The van der Waals surface area contributed by atoms with Crippen LogP contribution in [0, 0.1) is 0 Å². The van der Waals surface area contributed by atoms with Crippen LogP contribution in [0.2, 0.25) is 0 Å². The van der Waals surface area contributed by atoms with Gasteiger partial charge in [-0.2, -0.15) is 0 Å². The van der Waals surface area contributed by atoms with Crippen LogP contribution >= 0.6 is 11.8 Å². The van der Waals surface area contributed by atoms with Crippen molar-refractivity contribution >= 4 is 11.8 Å². The highest BCUT2D eigenvalue weighted by Gasteiger charge is 2.25. The monoisotopic (exact) mass is 157 g/mol. The molecule has 1 nitrogen and oxygen atoms in total. The highest BCUT2D eigenvalue weighted by molar-refractivity contribution is 7.99. The topological polar surface area (TPSA) is 3.24 Å². The minimum atomic E-state index is 0.905. The molecule has 2 fully saturated rings. The molecular formula is C8H15NS. The summed E-state index contributed by atoms with van der Waals surface area (Å²) in [5.74, 6) is 1.40. The van der Waals surface area contributed by atoms with Gasteiger partial charge in [-0.05, 0) is 44.5 Å². The molecule has 10 heavy (non-hydrogen) atoms. The second-order valence-corrected chi connectivity index (χ2v) is 4.50. The van der Waals surface area contributed by atoms with Gasteiger partial charge in [0.05, 0.1) is 5.37 Å². The van der Waals surface area contributed by atoms with Crippen molar-refractivity contribution in [3.8, 4) is 0 Å². The Bertz CT molecular complexity index is 104. The number of rotatable bonds is 0. The van der Waals surface area contributed by atoms with Crippen molar-refractivity contribution in [3.05, 3.63) is 0 Å². The molecule has 58 valence electrons. The third-order valence-corrected chi connectivity index (χ3v) is 3.90. The number of thioether (sulfide) groups is 1. The molecule has 0 bridgehead atoms. The molecule has 2 aliphatic heterocycles. The van der Waals surface area contributed by atoms with Crippen LogP contribution in [0.1, 0.15) is 25.7 Å². The van der Waals surface area contributed by atoms with Crippen LogP contribution in [0.5, 0.6) is 0 Å². The van der Waals surface area contributed by atoms with Crippen molar-refractivity contribution in [2.24, 2.45) is 0 Å². The lowest BCUT2D eigenvalue weighted by atomic mass is 10.3. The van der Waals surface area contributed by atoms with Crippen molar-refractivity contribution in [3.63, 3.8) is 0 Å². The summed E-state index contributed by atoms with van der Waals surface area (Å²) in [6.07, 6.45) is 5.77. The molecule has 2 heteroatoms. The first kappa shape index (κ1) is 6.99. The molecular weight excluding hydrogens is 142 g/mol. The molecule has 0 aromatic heterocycles. The van der Waals surface area contributed by atoms with E-state index in [9.17, 15) is 0 Å². The maximum Gasteiger partial charge on any atom is 0.0557 e. The van der Waals surface area contributed by atoms with Gasteiger partial charge in [0.15, 0.2) is 0 Å². The highest BCUT2D eigenvalue weighted by Crippen LogP contribution is 2.30. The number of fused-ring (bicyclic) bond motifs is 1.